The first-order chi connectivity index (χ1) is 12.8. The highest BCUT2D eigenvalue weighted by atomic mass is 32.2. The first-order valence-electron chi connectivity index (χ1n) is 8.95. The van der Waals surface area contributed by atoms with Crippen LogP contribution >= 0.6 is 11.8 Å². The van der Waals surface area contributed by atoms with E-state index in [0.717, 1.165) is 5.56 Å². The minimum atomic E-state index is -1.07. The number of nitrogens with zero attached hydrogens (tertiary/aromatic N) is 1. The Balaban J connectivity index is 1.69. The van der Waals surface area contributed by atoms with Crippen molar-refractivity contribution < 1.29 is 14.0 Å². The van der Waals surface area contributed by atoms with Crippen LogP contribution in [-0.4, -0.2) is 29.1 Å². The molecule has 1 saturated heterocycles. The maximum atomic E-state index is 13.7. The molecule has 0 saturated carbocycles. The van der Waals surface area contributed by atoms with E-state index in [1.54, 1.807) is 25.1 Å². The highest BCUT2D eigenvalue weighted by Crippen LogP contribution is 2.30. The van der Waals surface area contributed by atoms with E-state index < -0.39 is 11.6 Å². The van der Waals surface area contributed by atoms with E-state index in [4.69, 9.17) is 0 Å². The minimum absolute atomic E-state index is 0.226. The van der Waals surface area contributed by atoms with Crippen LogP contribution in [0.4, 0.5) is 9.18 Å². The molecule has 0 aromatic heterocycles. The third kappa shape index (κ3) is 3.86. The quantitative estimate of drug-likeness (QED) is 0.587. The Morgan fingerprint density at radius 2 is 1.78 bits per heavy atom. The topological polar surface area (TPSA) is 49.4 Å². The van der Waals surface area contributed by atoms with Gasteiger partial charge in [0, 0.05) is 17.2 Å². The summed E-state index contributed by atoms with van der Waals surface area (Å²) in [6.07, 6.45) is 0. The molecule has 0 bridgehead atoms. The second-order valence-corrected chi connectivity index (χ2v) is 8.20. The summed E-state index contributed by atoms with van der Waals surface area (Å²) in [5.41, 5.74) is 0.863. The number of rotatable bonds is 6. The van der Waals surface area contributed by atoms with E-state index >= 15 is 0 Å². The fraction of sp³-hybridized carbons (Fsp3) is 0.333. The average Bonchev–Trinajstić information content (AvgIpc) is 2.87. The molecule has 1 aliphatic rings. The van der Waals surface area contributed by atoms with Gasteiger partial charge in [-0.1, -0.05) is 50.2 Å². The van der Waals surface area contributed by atoms with Crippen LogP contribution in [0.1, 0.15) is 37.8 Å². The molecule has 2 aromatic rings. The van der Waals surface area contributed by atoms with Gasteiger partial charge in [0.05, 0.1) is 0 Å². The number of benzene rings is 2. The molecule has 142 valence electrons. The summed E-state index contributed by atoms with van der Waals surface area (Å²) in [5, 5.41) is 2.81. The fourth-order valence-electron chi connectivity index (χ4n) is 3.11. The van der Waals surface area contributed by atoms with E-state index in [1.807, 2.05) is 24.3 Å². The zero-order valence-electron chi connectivity index (χ0n) is 15.7. The van der Waals surface area contributed by atoms with Gasteiger partial charge in [0.2, 0.25) is 0 Å². The van der Waals surface area contributed by atoms with Crippen LogP contribution in [0.3, 0.4) is 0 Å². The van der Waals surface area contributed by atoms with Crippen molar-refractivity contribution in [3.63, 3.8) is 0 Å². The molecule has 3 rings (SSSR count). The molecular weight excluding hydrogens is 363 g/mol. The summed E-state index contributed by atoms with van der Waals surface area (Å²) in [6.45, 7) is 6.16. The van der Waals surface area contributed by atoms with E-state index in [2.05, 4.69) is 19.2 Å². The summed E-state index contributed by atoms with van der Waals surface area (Å²) in [5.74, 6) is 0.254. The van der Waals surface area contributed by atoms with Crippen LogP contribution in [0.25, 0.3) is 0 Å². The molecule has 1 aliphatic heterocycles. The molecular formula is C21H23FN2O2S. The first-order valence-corrected chi connectivity index (χ1v) is 9.93. The van der Waals surface area contributed by atoms with Crippen molar-refractivity contribution in [1.82, 2.24) is 10.2 Å². The van der Waals surface area contributed by atoms with Crippen LogP contribution in [0.15, 0.2) is 53.4 Å². The number of hydrogen-bond donors (Lipinski definition) is 1. The highest BCUT2D eigenvalue weighted by molar-refractivity contribution is 7.99. The van der Waals surface area contributed by atoms with Crippen molar-refractivity contribution in [2.45, 2.75) is 37.1 Å². The summed E-state index contributed by atoms with van der Waals surface area (Å²) in [6, 6.07) is 13.8. The molecule has 4 nitrogen and oxygen atoms in total. The Labute approximate surface area is 163 Å². The van der Waals surface area contributed by atoms with Crippen LogP contribution < -0.4 is 5.32 Å². The zero-order valence-corrected chi connectivity index (χ0v) is 16.5. The number of carbonyl (C=O) groups excluding carboxylic acids is 2. The van der Waals surface area contributed by atoms with Gasteiger partial charge < -0.3 is 5.32 Å². The van der Waals surface area contributed by atoms with Gasteiger partial charge in [0.15, 0.2) is 0 Å². The highest BCUT2D eigenvalue weighted by Gasteiger charge is 2.48. The third-order valence-electron chi connectivity index (χ3n) is 4.84. The van der Waals surface area contributed by atoms with Gasteiger partial charge in [-0.2, -0.15) is 0 Å². The summed E-state index contributed by atoms with van der Waals surface area (Å²) >= 11 is 1.29. The van der Waals surface area contributed by atoms with Crippen molar-refractivity contribution in [2.24, 2.45) is 0 Å². The molecule has 1 fully saturated rings. The fourth-order valence-corrected chi connectivity index (χ4v) is 3.98. The lowest BCUT2D eigenvalue weighted by atomic mass is 9.90. The molecule has 2 aromatic carbocycles. The summed E-state index contributed by atoms with van der Waals surface area (Å²) in [4.78, 5) is 27.0. The normalized spacial score (nSPS) is 19.7. The van der Waals surface area contributed by atoms with E-state index in [9.17, 15) is 14.0 Å². The van der Waals surface area contributed by atoms with Gasteiger partial charge in [-0.25, -0.2) is 9.18 Å². The standard InChI is InChI=1S/C21H23FN2O2S/c1-14(2)15-8-10-16(11-9-15)21(3)19(25)24(20(26)23-21)12-13-27-18-7-5-4-6-17(18)22/h4-11,14H,12-13H2,1-3H3,(H,23,26)/t21-/m0/s1. The number of nitrogens with one attached hydrogen (secondary N) is 1. The van der Waals surface area contributed by atoms with E-state index in [-0.39, 0.29) is 18.3 Å². The molecule has 1 atom stereocenters. The Morgan fingerprint density at radius 1 is 1.11 bits per heavy atom. The van der Waals surface area contributed by atoms with Gasteiger partial charge in [-0.3, -0.25) is 9.69 Å². The predicted molar refractivity (Wildman–Crippen MR) is 105 cm³/mol. The number of halogens is 1. The largest absolute Gasteiger partial charge is 0.325 e. The monoisotopic (exact) mass is 386 g/mol. The van der Waals surface area contributed by atoms with Crippen molar-refractivity contribution in [2.75, 3.05) is 12.3 Å². The van der Waals surface area contributed by atoms with Gasteiger partial charge in [-0.15, -0.1) is 11.8 Å². The van der Waals surface area contributed by atoms with E-state index in [0.29, 0.717) is 16.6 Å². The Bertz CT molecular complexity index is 854. The molecule has 3 amide bonds. The minimum Gasteiger partial charge on any atom is -0.319 e. The maximum absolute atomic E-state index is 13.7. The van der Waals surface area contributed by atoms with Gasteiger partial charge in [-0.05, 0) is 36.1 Å². The number of hydrogen-bond acceptors (Lipinski definition) is 3. The molecule has 6 heteroatoms. The third-order valence-corrected chi connectivity index (χ3v) is 5.87. The van der Waals surface area contributed by atoms with Gasteiger partial charge in [0.25, 0.3) is 5.91 Å². The van der Waals surface area contributed by atoms with Crippen LogP contribution in [0.2, 0.25) is 0 Å². The Morgan fingerprint density at radius 3 is 2.41 bits per heavy atom. The Kier molecular flexibility index (Phi) is 5.56. The number of urea groups is 1. The molecule has 1 N–H and O–H groups in total. The SMILES string of the molecule is CC(C)c1ccc([C@]2(C)NC(=O)N(CCSc3ccccc3F)C2=O)cc1. The van der Waals surface area contributed by atoms with E-state index in [1.165, 1.54) is 28.3 Å². The molecule has 0 spiro atoms. The van der Waals surface area contributed by atoms with Crippen molar-refractivity contribution in [1.29, 1.82) is 0 Å². The Hall–Kier alpha value is -2.34. The summed E-state index contributed by atoms with van der Waals surface area (Å²) < 4.78 is 13.7. The second kappa shape index (κ2) is 7.72. The lowest BCUT2D eigenvalue weighted by Gasteiger charge is -2.23. The van der Waals surface area contributed by atoms with Crippen LogP contribution in [-0.2, 0) is 10.3 Å². The van der Waals surface area contributed by atoms with Gasteiger partial charge >= 0.3 is 6.03 Å². The van der Waals surface area contributed by atoms with Crippen molar-refractivity contribution in [3.05, 3.63) is 65.5 Å². The van der Waals surface area contributed by atoms with Crippen LogP contribution in [0.5, 0.6) is 0 Å². The lowest BCUT2D eigenvalue weighted by molar-refractivity contribution is -0.130. The second-order valence-electron chi connectivity index (χ2n) is 7.07. The lowest BCUT2D eigenvalue weighted by Crippen LogP contribution is -2.41. The van der Waals surface area contributed by atoms with Gasteiger partial charge in [0.1, 0.15) is 11.4 Å². The first kappa shape index (κ1) is 19.4. The number of amides is 3. The van der Waals surface area contributed by atoms with Crippen LogP contribution in [0, 0.1) is 5.82 Å². The predicted octanol–water partition coefficient (Wildman–Crippen LogP) is 4.51. The molecule has 27 heavy (non-hydrogen) atoms. The zero-order chi connectivity index (χ0) is 19.6. The number of imide groups is 1. The summed E-state index contributed by atoms with van der Waals surface area (Å²) in [7, 11) is 0. The molecule has 0 radical (unpaired) electrons. The molecule has 0 unspecified atom stereocenters. The molecule has 0 aliphatic carbocycles. The van der Waals surface area contributed by atoms with Crippen molar-refractivity contribution in [3.8, 4) is 0 Å². The number of carbonyl (C=O) groups is 2. The molecule has 1 heterocycles. The van der Waals surface area contributed by atoms with Crippen molar-refractivity contribution >= 4 is 23.7 Å². The number of thioether (sulfide) groups is 1. The maximum Gasteiger partial charge on any atom is 0.325 e. The smallest absolute Gasteiger partial charge is 0.319 e. The average molecular weight is 386 g/mol.